The predicted molar refractivity (Wildman–Crippen MR) is 116 cm³/mol. The number of fused-ring (bicyclic) bond motifs is 1. The van der Waals surface area contributed by atoms with Gasteiger partial charge in [-0.25, -0.2) is 4.98 Å². The van der Waals surface area contributed by atoms with Crippen molar-refractivity contribution < 1.29 is 9.15 Å². The Morgan fingerprint density at radius 3 is 2.77 bits per heavy atom. The van der Waals surface area contributed by atoms with Crippen LogP contribution in [0, 0.1) is 0 Å². The maximum atomic E-state index is 6.12. The van der Waals surface area contributed by atoms with Crippen LogP contribution in [0.3, 0.4) is 0 Å². The largest absolute Gasteiger partial charge is 0.486 e. The number of H-pyrrole nitrogens is 1. The van der Waals surface area contributed by atoms with E-state index in [4.69, 9.17) is 14.9 Å². The third kappa shape index (κ3) is 3.52. The number of piperidine rings is 1. The van der Waals surface area contributed by atoms with E-state index in [0.29, 0.717) is 29.7 Å². The molecule has 7 heteroatoms. The highest BCUT2D eigenvalue weighted by molar-refractivity contribution is 5.98. The van der Waals surface area contributed by atoms with Crippen LogP contribution < -0.4 is 15.8 Å². The number of ether oxygens (including phenoxy) is 1. The van der Waals surface area contributed by atoms with E-state index in [9.17, 15) is 0 Å². The fourth-order valence-electron chi connectivity index (χ4n) is 4.18. The Kier molecular flexibility index (Phi) is 5.11. The van der Waals surface area contributed by atoms with E-state index in [1.165, 1.54) is 5.56 Å². The van der Waals surface area contributed by atoms with Gasteiger partial charge in [0.05, 0.1) is 18.2 Å². The fraction of sp³-hybridized carbons (Fsp3) is 0.304. The summed E-state index contributed by atoms with van der Waals surface area (Å²) in [5.74, 6) is 1.29. The lowest BCUT2D eigenvalue weighted by Gasteiger charge is -2.22. The van der Waals surface area contributed by atoms with Crippen LogP contribution in [0.15, 0.2) is 53.4 Å². The summed E-state index contributed by atoms with van der Waals surface area (Å²) < 4.78 is 11.9. The lowest BCUT2D eigenvalue weighted by molar-refractivity contribution is 0.321. The van der Waals surface area contributed by atoms with E-state index in [2.05, 4.69) is 32.6 Å². The van der Waals surface area contributed by atoms with E-state index in [1.54, 1.807) is 12.5 Å². The number of pyridine rings is 1. The molecule has 0 saturated carbocycles. The predicted octanol–water partition coefficient (Wildman–Crippen LogP) is 3.89. The van der Waals surface area contributed by atoms with Gasteiger partial charge in [0.25, 0.3) is 0 Å². The third-order valence-corrected chi connectivity index (χ3v) is 5.79. The van der Waals surface area contributed by atoms with Crippen LogP contribution in [-0.4, -0.2) is 34.9 Å². The van der Waals surface area contributed by atoms with Crippen LogP contribution in [0.4, 0.5) is 5.82 Å². The van der Waals surface area contributed by atoms with Crippen molar-refractivity contribution in [3.8, 4) is 16.9 Å². The number of furan rings is 1. The van der Waals surface area contributed by atoms with Gasteiger partial charge in [0.2, 0.25) is 5.75 Å². The molecule has 7 nitrogen and oxygen atoms in total. The summed E-state index contributed by atoms with van der Waals surface area (Å²) in [6.45, 7) is 2.54. The number of hydrogen-bond donors (Lipinski definition) is 3. The summed E-state index contributed by atoms with van der Waals surface area (Å²) in [6, 6.07) is 10.2. The lowest BCUT2D eigenvalue weighted by atomic mass is 9.90. The minimum absolute atomic E-state index is 0.335. The van der Waals surface area contributed by atoms with Gasteiger partial charge in [-0.2, -0.15) is 5.10 Å². The lowest BCUT2D eigenvalue weighted by Crippen LogP contribution is -2.27. The highest BCUT2D eigenvalue weighted by Crippen LogP contribution is 2.40. The molecule has 4 heterocycles. The van der Waals surface area contributed by atoms with Gasteiger partial charge in [-0.3, -0.25) is 5.10 Å². The quantitative estimate of drug-likeness (QED) is 0.451. The maximum Gasteiger partial charge on any atom is 0.205 e. The summed E-state index contributed by atoms with van der Waals surface area (Å²) >= 11 is 0. The van der Waals surface area contributed by atoms with E-state index in [0.717, 1.165) is 54.6 Å². The highest BCUT2D eigenvalue weighted by Gasteiger charge is 2.24. The number of benzene rings is 1. The van der Waals surface area contributed by atoms with E-state index in [-0.39, 0.29) is 0 Å². The molecule has 3 aromatic heterocycles. The first kappa shape index (κ1) is 18.7. The fourth-order valence-corrected chi connectivity index (χ4v) is 4.18. The SMILES string of the molecule is Nc1ncc2c(-c3cn[nH]c3C3CCNCC3)coc2c1OCCc1ccccc1. The zero-order valence-electron chi connectivity index (χ0n) is 16.7. The molecule has 0 atom stereocenters. The van der Waals surface area contributed by atoms with Crippen molar-refractivity contribution in [3.05, 3.63) is 60.2 Å². The normalized spacial score (nSPS) is 14.9. The molecule has 0 aliphatic carbocycles. The van der Waals surface area contributed by atoms with E-state index >= 15 is 0 Å². The molecule has 1 fully saturated rings. The molecule has 0 spiro atoms. The van der Waals surface area contributed by atoms with Gasteiger partial charge < -0.3 is 20.2 Å². The second-order valence-corrected chi connectivity index (χ2v) is 7.67. The first-order valence-corrected chi connectivity index (χ1v) is 10.4. The Morgan fingerprint density at radius 2 is 1.93 bits per heavy atom. The van der Waals surface area contributed by atoms with Crippen LogP contribution in [0.1, 0.15) is 30.0 Å². The number of nitrogens with two attached hydrogens (primary N) is 1. The molecule has 154 valence electrons. The smallest absolute Gasteiger partial charge is 0.205 e. The van der Waals surface area contributed by atoms with Crippen LogP contribution >= 0.6 is 0 Å². The molecule has 30 heavy (non-hydrogen) atoms. The average molecular weight is 403 g/mol. The molecule has 1 aliphatic rings. The molecule has 1 saturated heterocycles. The molecule has 0 radical (unpaired) electrons. The van der Waals surface area contributed by atoms with Gasteiger partial charge in [-0.05, 0) is 31.5 Å². The van der Waals surface area contributed by atoms with Gasteiger partial charge in [0.15, 0.2) is 11.4 Å². The Hall–Kier alpha value is -3.32. The van der Waals surface area contributed by atoms with Gasteiger partial charge in [-0.15, -0.1) is 0 Å². The molecule has 4 N–H and O–H groups in total. The Labute approximate surface area is 174 Å². The van der Waals surface area contributed by atoms with E-state index in [1.807, 2.05) is 24.4 Å². The second kappa shape index (κ2) is 8.20. The van der Waals surface area contributed by atoms with Crippen molar-refractivity contribution in [1.82, 2.24) is 20.5 Å². The van der Waals surface area contributed by atoms with Crippen molar-refractivity contribution in [1.29, 1.82) is 0 Å². The number of hydrogen-bond acceptors (Lipinski definition) is 6. The second-order valence-electron chi connectivity index (χ2n) is 7.67. The number of nitrogen functional groups attached to an aromatic ring is 1. The summed E-state index contributed by atoms with van der Waals surface area (Å²) in [7, 11) is 0. The van der Waals surface area contributed by atoms with Crippen LogP contribution in [-0.2, 0) is 6.42 Å². The molecule has 1 aromatic carbocycles. The molecular formula is C23H25N5O2. The number of aromatic amines is 1. The molecule has 1 aliphatic heterocycles. The highest BCUT2D eigenvalue weighted by atomic mass is 16.5. The summed E-state index contributed by atoms with van der Waals surface area (Å²) in [6.07, 6.45) is 8.34. The summed E-state index contributed by atoms with van der Waals surface area (Å²) in [5, 5.41) is 11.8. The Morgan fingerprint density at radius 1 is 1.10 bits per heavy atom. The summed E-state index contributed by atoms with van der Waals surface area (Å²) in [4.78, 5) is 4.37. The number of nitrogens with one attached hydrogen (secondary N) is 2. The minimum Gasteiger partial charge on any atom is -0.486 e. The minimum atomic E-state index is 0.335. The standard InChI is InChI=1S/C23H25N5O2/c24-23-22(29-11-8-15-4-2-1-3-5-15)21-18(12-26-23)19(14-30-21)17-13-27-28-20(17)16-6-9-25-10-7-16/h1-5,12-14,16,25H,6-11H2,(H2,24,26)(H,27,28). The maximum absolute atomic E-state index is 6.12. The van der Waals surface area contributed by atoms with Crippen LogP contribution in [0.5, 0.6) is 5.75 Å². The zero-order valence-corrected chi connectivity index (χ0v) is 16.7. The average Bonchev–Trinajstić information content (AvgIpc) is 3.43. The number of rotatable bonds is 6. The third-order valence-electron chi connectivity index (χ3n) is 5.79. The molecule has 5 rings (SSSR count). The molecule has 0 unspecified atom stereocenters. The van der Waals surface area contributed by atoms with Gasteiger partial charge in [-0.1, -0.05) is 30.3 Å². The Bertz CT molecular complexity index is 1130. The van der Waals surface area contributed by atoms with Crippen molar-refractivity contribution in [3.63, 3.8) is 0 Å². The first-order valence-electron chi connectivity index (χ1n) is 10.4. The number of aromatic nitrogens is 3. The molecular weight excluding hydrogens is 378 g/mol. The Balaban J connectivity index is 1.44. The van der Waals surface area contributed by atoms with Crippen molar-refractivity contribution >= 4 is 16.8 Å². The molecule has 4 aromatic rings. The van der Waals surface area contributed by atoms with Crippen LogP contribution in [0.25, 0.3) is 22.1 Å². The van der Waals surface area contributed by atoms with Crippen molar-refractivity contribution in [2.24, 2.45) is 0 Å². The molecule has 0 amide bonds. The monoisotopic (exact) mass is 403 g/mol. The molecule has 0 bridgehead atoms. The van der Waals surface area contributed by atoms with Crippen molar-refractivity contribution in [2.75, 3.05) is 25.4 Å². The van der Waals surface area contributed by atoms with Crippen LogP contribution in [0.2, 0.25) is 0 Å². The van der Waals surface area contributed by atoms with Gasteiger partial charge >= 0.3 is 0 Å². The first-order chi connectivity index (χ1) is 14.8. The number of nitrogens with zero attached hydrogens (tertiary/aromatic N) is 2. The summed E-state index contributed by atoms with van der Waals surface area (Å²) in [5.41, 5.74) is 11.1. The zero-order chi connectivity index (χ0) is 20.3. The topological polar surface area (TPSA) is 102 Å². The van der Waals surface area contributed by atoms with Gasteiger partial charge in [0.1, 0.15) is 6.26 Å². The van der Waals surface area contributed by atoms with E-state index < -0.39 is 0 Å². The van der Waals surface area contributed by atoms with Crippen molar-refractivity contribution in [2.45, 2.75) is 25.2 Å². The van der Waals surface area contributed by atoms with Gasteiger partial charge in [0, 0.05) is 35.4 Å². The number of anilines is 1.